The Kier molecular flexibility index (Phi) is 6.73. The first-order chi connectivity index (χ1) is 20.6. The standard InChI is InChI=1S/C29H33F3N8O3/c1-16-8-18(19-11-34-38-21(19)9-16)23-22(30)24-20(10-33-23)25(39-6-3-4-17(12-39)35-27(41)42-2)37-26(36-24)43-15-28-5-7-40(28)14-29(31,32)13-28/h8-10,17,34,38H,3-7,11-15H2,1-2H3,(H,35,41). The van der Waals surface area contributed by atoms with Crippen molar-refractivity contribution in [2.45, 2.75) is 56.7 Å². The summed E-state index contributed by atoms with van der Waals surface area (Å²) < 4.78 is 55.9. The number of aromatic nitrogens is 3. The number of anilines is 2. The second-order valence-electron chi connectivity index (χ2n) is 12.0. The number of alkyl carbamates (subject to hydrolysis) is 1. The van der Waals surface area contributed by atoms with Crippen molar-refractivity contribution in [2.75, 3.05) is 50.2 Å². The van der Waals surface area contributed by atoms with Crippen LogP contribution < -0.4 is 25.8 Å². The molecule has 0 saturated carbocycles. The van der Waals surface area contributed by atoms with E-state index in [2.05, 4.69) is 31.1 Å². The Morgan fingerprint density at radius 2 is 2.12 bits per heavy atom. The summed E-state index contributed by atoms with van der Waals surface area (Å²) in [6, 6.07) is 3.57. The summed E-state index contributed by atoms with van der Waals surface area (Å²) in [5, 5.41) is 3.23. The van der Waals surface area contributed by atoms with Crippen LogP contribution in [-0.2, 0) is 11.3 Å². The number of alkyl halides is 2. The topological polar surface area (TPSA) is 117 Å². The number of nitrogens with one attached hydrogen (secondary N) is 3. The third-order valence-corrected chi connectivity index (χ3v) is 9.01. The van der Waals surface area contributed by atoms with Crippen LogP contribution in [0.3, 0.4) is 0 Å². The van der Waals surface area contributed by atoms with Crippen LogP contribution in [0.25, 0.3) is 22.2 Å². The van der Waals surface area contributed by atoms with Crippen LogP contribution in [0.1, 0.15) is 36.8 Å². The van der Waals surface area contributed by atoms with Gasteiger partial charge in [-0.15, -0.1) is 0 Å². The molecule has 1 aromatic carbocycles. The van der Waals surface area contributed by atoms with E-state index in [-0.39, 0.29) is 42.8 Å². The van der Waals surface area contributed by atoms with Crippen molar-refractivity contribution in [1.82, 2.24) is 30.6 Å². The molecule has 3 aromatic rings. The summed E-state index contributed by atoms with van der Waals surface area (Å²) in [5.74, 6) is -3.00. The molecule has 2 atom stereocenters. The molecule has 11 nitrogen and oxygen atoms in total. The molecular formula is C29H33F3N8O3. The van der Waals surface area contributed by atoms with Crippen LogP contribution in [0, 0.1) is 12.7 Å². The highest BCUT2D eigenvalue weighted by Crippen LogP contribution is 2.47. The van der Waals surface area contributed by atoms with E-state index in [4.69, 9.17) is 9.47 Å². The molecule has 3 N–H and O–H groups in total. The number of hydrazine groups is 1. The Morgan fingerprint density at radius 3 is 2.88 bits per heavy atom. The molecule has 0 spiro atoms. The van der Waals surface area contributed by atoms with Crippen molar-refractivity contribution in [2.24, 2.45) is 0 Å². The Labute approximate surface area is 246 Å². The van der Waals surface area contributed by atoms with Crippen LogP contribution in [0.2, 0.25) is 0 Å². The quantitative estimate of drug-likeness (QED) is 0.387. The van der Waals surface area contributed by atoms with E-state index in [0.717, 1.165) is 29.7 Å². The summed E-state index contributed by atoms with van der Waals surface area (Å²) in [4.78, 5) is 29.3. The minimum absolute atomic E-state index is 0.0255. The van der Waals surface area contributed by atoms with Gasteiger partial charge in [0, 0.05) is 56.0 Å². The largest absolute Gasteiger partial charge is 0.461 e. The lowest BCUT2D eigenvalue weighted by Crippen LogP contribution is -2.59. The number of hydrogen-bond donors (Lipinski definition) is 3. The van der Waals surface area contributed by atoms with Gasteiger partial charge >= 0.3 is 12.1 Å². The van der Waals surface area contributed by atoms with E-state index >= 15 is 4.39 Å². The van der Waals surface area contributed by atoms with Gasteiger partial charge in [0.1, 0.15) is 23.6 Å². The molecule has 3 fully saturated rings. The first kappa shape index (κ1) is 27.9. The number of benzene rings is 1. The number of hydrogen-bond acceptors (Lipinski definition) is 10. The first-order valence-electron chi connectivity index (χ1n) is 14.5. The third kappa shape index (κ3) is 4.95. The molecule has 0 bridgehead atoms. The highest BCUT2D eigenvalue weighted by atomic mass is 19.3. The number of rotatable bonds is 6. The molecule has 2 aromatic heterocycles. The average Bonchev–Trinajstić information content (AvgIpc) is 3.52. The maximum Gasteiger partial charge on any atom is 0.407 e. The minimum Gasteiger partial charge on any atom is -0.461 e. The second kappa shape index (κ2) is 10.4. The van der Waals surface area contributed by atoms with Gasteiger partial charge in [-0.05, 0) is 43.9 Å². The molecule has 3 saturated heterocycles. The number of carbonyl (C=O) groups excluding carboxylic acids is 1. The van der Waals surface area contributed by atoms with E-state index in [0.29, 0.717) is 49.4 Å². The van der Waals surface area contributed by atoms with Gasteiger partial charge in [0.05, 0.1) is 30.3 Å². The van der Waals surface area contributed by atoms with Crippen LogP contribution in [0.4, 0.5) is 29.5 Å². The molecule has 0 aliphatic carbocycles. The van der Waals surface area contributed by atoms with Gasteiger partial charge in [-0.1, -0.05) is 0 Å². The molecule has 2 unspecified atom stereocenters. The molecule has 14 heteroatoms. The minimum atomic E-state index is -2.78. The van der Waals surface area contributed by atoms with Crippen molar-refractivity contribution in [3.8, 4) is 17.3 Å². The summed E-state index contributed by atoms with van der Waals surface area (Å²) in [5.41, 5.74) is 8.91. The lowest BCUT2D eigenvalue weighted by molar-refractivity contribution is -0.0132. The van der Waals surface area contributed by atoms with Crippen molar-refractivity contribution < 1.29 is 27.4 Å². The molecule has 7 rings (SSSR count). The summed E-state index contributed by atoms with van der Waals surface area (Å²) >= 11 is 0. The van der Waals surface area contributed by atoms with E-state index < -0.39 is 23.4 Å². The van der Waals surface area contributed by atoms with Crippen LogP contribution >= 0.6 is 0 Å². The zero-order valence-corrected chi connectivity index (χ0v) is 24.0. The monoisotopic (exact) mass is 598 g/mol. The van der Waals surface area contributed by atoms with Crippen LogP contribution in [-0.4, -0.2) is 83.3 Å². The van der Waals surface area contributed by atoms with Crippen molar-refractivity contribution >= 4 is 28.5 Å². The fourth-order valence-electron chi connectivity index (χ4n) is 6.85. The SMILES string of the molecule is COC(=O)NC1CCCN(c2nc(OCC34CCN3CC(F)(F)C4)nc3c(F)c(-c4cc(C)cc5c4CNN5)ncc23)C1. The Hall–Kier alpha value is -3.91. The van der Waals surface area contributed by atoms with Gasteiger partial charge in [-0.2, -0.15) is 9.97 Å². The smallest absolute Gasteiger partial charge is 0.407 e. The summed E-state index contributed by atoms with van der Waals surface area (Å²) in [6.07, 6.45) is 2.80. The van der Waals surface area contributed by atoms with Gasteiger partial charge in [-0.25, -0.2) is 23.4 Å². The molecule has 43 heavy (non-hydrogen) atoms. The number of carbonyl (C=O) groups is 1. The lowest BCUT2D eigenvalue weighted by Gasteiger charge is -2.46. The molecular weight excluding hydrogens is 565 g/mol. The molecule has 6 heterocycles. The van der Waals surface area contributed by atoms with E-state index in [1.165, 1.54) is 7.11 Å². The van der Waals surface area contributed by atoms with Gasteiger partial charge in [-0.3, -0.25) is 9.88 Å². The Bertz CT molecular complexity index is 1610. The zero-order chi connectivity index (χ0) is 29.9. The highest BCUT2D eigenvalue weighted by molar-refractivity contribution is 5.92. The normalized spacial score (nSPS) is 24.2. The fourth-order valence-corrected chi connectivity index (χ4v) is 6.85. The van der Waals surface area contributed by atoms with Crippen LogP contribution in [0.15, 0.2) is 18.3 Å². The fraction of sp³-hybridized carbons (Fsp3) is 0.517. The lowest BCUT2D eigenvalue weighted by atomic mass is 9.85. The number of pyridine rings is 1. The van der Waals surface area contributed by atoms with Gasteiger partial charge in [0.15, 0.2) is 5.82 Å². The first-order valence-corrected chi connectivity index (χ1v) is 14.5. The number of fused-ring (bicyclic) bond motifs is 3. The summed E-state index contributed by atoms with van der Waals surface area (Å²) in [6.45, 7) is 3.69. The maximum atomic E-state index is 16.5. The van der Waals surface area contributed by atoms with E-state index in [1.54, 1.807) is 11.1 Å². The predicted octanol–water partition coefficient (Wildman–Crippen LogP) is 3.76. The number of nitrogens with zero attached hydrogens (tertiary/aromatic N) is 5. The predicted molar refractivity (Wildman–Crippen MR) is 153 cm³/mol. The number of methoxy groups -OCH3 is 1. The average molecular weight is 599 g/mol. The molecule has 4 aliphatic heterocycles. The number of amides is 1. The van der Waals surface area contributed by atoms with E-state index in [9.17, 15) is 13.6 Å². The number of ether oxygens (including phenoxy) is 2. The Morgan fingerprint density at radius 1 is 1.26 bits per heavy atom. The summed E-state index contributed by atoms with van der Waals surface area (Å²) in [7, 11) is 1.31. The Balaban J connectivity index is 1.29. The van der Waals surface area contributed by atoms with Gasteiger partial charge in [0.2, 0.25) is 0 Å². The number of piperidine rings is 1. The molecule has 4 aliphatic rings. The number of aryl methyl sites for hydroxylation is 1. The third-order valence-electron chi connectivity index (χ3n) is 9.01. The van der Waals surface area contributed by atoms with Gasteiger partial charge in [0.25, 0.3) is 5.92 Å². The maximum absolute atomic E-state index is 16.5. The van der Waals surface area contributed by atoms with Crippen molar-refractivity contribution in [3.05, 3.63) is 35.3 Å². The number of halogens is 3. The molecule has 228 valence electrons. The van der Waals surface area contributed by atoms with E-state index in [1.807, 2.05) is 24.0 Å². The van der Waals surface area contributed by atoms with Crippen molar-refractivity contribution in [1.29, 1.82) is 0 Å². The van der Waals surface area contributed by atoms with Crippen molar-refractivity contribution in [3.63, 3.8) is 0 Å². The molecule has 1 amide bonds. The molecule has 0 radical (unpaired) electrons. The second-order valence-corrected chi connectivity index (χ2v) is 12.0. The van der Waals surface area contributed by atoms with Gasteiger partial charge < -0.3 is 25.1 Å². The zero-order valence-electron chi connectivity index (χ0n) is 24.0. The van der Waals surface area contributed by atoms with Crippen LogP contribution in [0.5, 0.6) is 6.01 Å². The highest BCUT2D eigenvalue weighted by Gasteiger charge is 2.60.